The Kier molecular flexibility index (Phi) is 3.64. The normalized spacial score (nSPS) is 41.7. The second-order valence-electron chi connectivity index (χ2n) is 7.06. The third-order valence-electron chi connectivity index (χ3n) is 5.59. The van der Waals surface area contributed by atoms with Crippen LogP contribution in [0.3, 0.4) is 0 Å². The van der Waals surface area contributed by atoms with Crippen molar-refractivity contribution in [3.05, 3.63) is 34.4 Å². The van der Waals surface area contributed by atoms with E-state index in [-0.39, 0.29) is 45.3 Å². The van der Waals surface area contributed by atoms with Crippen molar-refractivity contribution in [3.8, 4) is 0 Å². The lowest BCUT2D eigenvalue weighted by molar-refractivity contribution is -0.127. The van der Waals surface area contributed by atoms with Crippen molar-refractivity contribution in [2.75, 3.05) is 0 Å². The molecule has 1 saturated carbocycles. The molecule has 1 aromatic rings. The van der Waals surface area contributed by atoms with E-state index in [1.165, 1.54) is 0 Å². The molecule has 7 atom stereocenters. The molecule has 2 saturated heterocycles. The quantitative estimate of drug-likeness (QED) is 0.495. The number of halogens is 2. The van der Waals surface area contributed by atoms with Crippen molar-refractivity contribution in [3.63, 3.8) is 0 Å². The Morgan fingerprint density at radius 2 is 1.30 bits per heavy atom. The monoisotopic (exact) mass is 440 g/mol. The van der Waals surface area contributed by atoms with Crippen LogP contribution in [0.4, 0.5) is 0 Å². The Morgan fingerprint density at radius 3 is 1.74 bits per heavy atom. The van der Waals surface area contributed by atoms with Crippen molar-refractivity contribution >= 4 is 43.4 Å². The van der Waals surface area contributed by atoms with E-state index in [1.54, 1.807) is 0 Å². The molecule has 1 aromatic carbocycles. The molecule has 1 unspecified atom stereocenters. The van der Waals surface area contributed by atoms with Crippen molar-refractivity contribution in [2.24, 2.45) is 11.8 Å². The maximum absolute atomic E-state index is 13.1. The maximum atomic E-state index is 13.1. The van der Waals surface area contributed by atoms with E-state index in [2.05, 4.69) is 44.0 Å². The summed E-state index contributed by atoms with van der Waals surface area (Å²) >= 11 is 7.25. The lowest BCUT2D eigenvalue weighted by atomic mass is 9.81. The summed E-state index contributed by atoms with van der Waals surface area (Å²) in [5.41, 5.74) is 4.14. The second-order valence-corrected chi connectivity index (χ2v) is 9.17. The highest BCUT2D eigenvalue weighted by Crippen LogP contribution is 2.56. The van der Waals surface area contributed by atoms with Crippen LogP contribution >= 0.6 is 31.9 Å². The number of rotatable bonds is 1. The summed E-state index contributed by atoms with van der Waals surface area (Å²) in [5, 5.41) is 0. The predicted octanol–water partition coefficient (Wildman–Crippen LogP) is 3.39. The lowest BCUT2D eigenvalue weighted by Gasteiger charge is -2.26. The fourth-order valence-corrected chi connectivity index (χ4v) is 6.31. The Hall–Kier alpha value is -0.520. The SMILES string of the molecule is Cc1cc(C)c(C2C(=O)[C@@H]3[C@@H]4O[C@@H]([C@H](Br)[C@H]4Br)[C@@H]3C2=O)c(C)c1. The van der Waals surface area contributed by atoms with Crippen LogP contribution in [0.2, 0.25) is 0 Å². The number of alkyl halides is 2. The molecule has 5 heteroatoms. The van der Waals surface area contributed by atoms with Gasteiger partial charge >= 0.3 is 0 Å². The Morgan fingerprint density at radius 1 is 0.870 bits per heavy atom. The summed E-state index contributed by atoms with van der Waals surface area (Å²) in [4.78, 5) is 26.4. The molecule has 0 amide bonds. The molecule has 2 aliphatic heterocycles. The first kappa shape index (κ1) is 16.0. The van der Waals surface area contributed by atoms with Crippen molar-refractivity contribution in [2.45, 2.75) is 48.6 Å². The highest BCUT2D eigenvalue weighted by atomic mass is 79.9. The number of fused-ring (bicyclic) bond motifs is 5. The number of aryl methyl sites for hydroxylation is 3. The molecular weight excluding hydrogens is 424 g/mol. The van der Waals surface area contributed by atoms with Gasteiger partial charge < -0.3 is 4.74 Å². The maximum Gasteiger partial charge on any atom is 0.154 e. The minimum atomic E-state index is -0.614. The molecular formula is C18H18Br2O3. The molecule has 3 aliphatic rings. The highest BCUT2D eigenvalue weighted by Gasteiger charge is 2.68. The number of carbonyl (C=O) groups excluding carboxylic acids is 2. The zero-order valence-electron chi connectivity index (χ0n) is 13.2. The van der Waals surface area contributed by atoms with Gasteiger partial charge in [0.05, 0.1) is 33.7 Å². The number of hydrogen-bond acceptors (Lipinski definition) is 3. The number of hydrogen-bond donors (Lipinski definition) is 0. The zero-order chi connectivity index (χ0) is 16.6. The minimum absolute atomic E-state index is 0.0476. The van der Waals surface area contributed by atoms with E-state index < -0.39 is 5.92 Å². The van der Waals surface area contributed by atoms with Crippen LogP contribution in [-0.4, -0.2) is 33.4 Å². The first-order valence-electron chi connectivity index (χ1n) is 7.91. The van der Waals surface area contributed by atoms with E-state index >= 15 is 0 Å². The molecule has 23 heavy (non-hydrogen) atoms. The minimum Gasteiger partial charge on any atom is -0.371 e. The van der Waals surface area contributed by atoms with Gasteiger partial charge in [-0.1, -0.05) is 49.6 Å². The summed E-state index contributed by atoms with van der Waals surface area (Å²) < 4.78 is 5.93. The van der Waals surface area contributed by atoms with Gasteiger partial charge in [-0.05, 0) is 37.5 Å². The summed E-state index contributed by atoms with van der Waals surface area (Å²) in [6.45, 7) is 6.03. The summed E-state index contributed by atoms with van der Waals surface area (Å²) in [7, 11) is 0. The van der Waals surface area contributed by atoms with E-state index in [9.17, 15) is 9.59 Å². The second kappa shape index (κ2) is 5.24. The smallest absolute Gasteiger partial charge is 0.154 e. The first-order valence-corrected chi connectivity index (χ1v) is 9.75. The van der Waals surface area contributed by atoms with Crippen LogP contribution in [-0.2, 0) is 14.3 Å². The standard InChI is InChI=1S/C18H18Br2O3/c1-6-4-7(2)9(8(3)5-6)10-15(21)11-12(16(10)22)18-14(20)13(19)17(11)23-18/h4-5,10-14,17-18H,1-3H3/t10?,11-,12+,13-,14-,17+,18-/m1/s1. The molecule has 122 valence electrons. The zero-order valence-corrected chi connectivity index (χ0v) is 16.3. The molecule has 3 fully saturated rings. The Labute approximate surface area is 152 Å². The number of benzene rings is 1. The van der Waals surface area contributed by atoms with Gasteiger partial charge in [-0.25, -0.2) is 0 Å². The Balaban J connectivity index is 1.79. The lowest BCUT2D eigenvalue weighted by Crippen LogP contribution is -2.42. The van der Waals surface area contributed by atoms with Gasteiger partial charge in [-0.15, -0.1) is 0 Å². The average molecular weight is 442 g/mol. The average Bonchev–Trinajstić information content (AvgIpc) is 3.06. The van der Waals surface area contributed by atoms with Gasteiger partial charge in [-0.3, -0.25) is 9.59 Å². The molecule has 0 radical (unpaired) electrons. The fraction of sp³-hybridized carbons (Fsp3) is 0.556. The van der Waals surface area contributed by atoms with Gasteiger partial charge in [0, 0.05) is 0 Å². The fourth-order valence-electron chi connectivity index (χ4n) is 4.80. The molecule has 2 heterocycles. The van der Waals surface area contributed by atoms with Gasteiger partial charge in [0.1, 0.15) is 5.92 Å². The number of ether oxygens (including phenoxy) is 1. The molecule has 3 nitrogen and oxygen atoms in total. The van der Waals surface area contributed by atoms with E-state index in [4.69, 9.17) is 4.74 Å². The van der Waals surface area contributed by atoms with E-state index in [0.29, 0.717) is 0 Å². The Bertz CT molecular complexity index is 674. The molecule has 0 spiro atoms. The number of Topliss-reactive ketones (excluding diaryl/α,β-unsaturated/α-hetero) is 2. The summed E-state index contributed by atoms with van der Waals surface area (Å²) in [6.07, 6.45) is -0.385. The summed E-state index contributed by atoms with van der Waals surface area (Å²) in [5.74, 6) is -1.11. The van der Waals surface area contributed by atoms with Gasteiger partial charge in [0.2, 0.25) is 0 Å². The third kappa shape index (κ3) is 2.02. The number of ketones is 2. The van der Waals surface area contributed by atoms with E-state index in [1.807, 2.05) is 20.8 Å². The molecule has 1 aliphatic carbocycles. The van der Waals surface area contributed by atoms with Crippen molar-refractivity contribution < 1.29 is 14.3 Å². The highest BCUT2D eigenvalue weighted by molar-refractivity contribution is 9.12. The molecule has 2 bridgehead atoms. The third-order valence-corrected chi connectivity index (χ3v) is 8.48. The van der Waals surface area contributed by atoms with Crippen molar-refractivity contribution in [1.29, 1.82) is 0 Å². The molecule has 0 N–H and O–H groups in total. The van der Waals surface area contributed by atoms with Crippen LogP contribution in [0.15, 0.2) is 12.1 Å². The predicted molar refractivity (Wildman–Crippen MR) is 94.5 cm³/mol. The van der Waals surface area contributed by atoms with Crippen LogP contribution in [0.1, 0.15) is 28.2 Å². The number of carbonyl (C=O) groups is 2. The largest absolute Gasteiger partial charge is 0.371 e. The molecule has 0 aromatic heterocycles. The van der Waals surface area contributed by atoms with Gasteiger partial charge in [0.15, 0.2) is 11.6 Å². The van der Waals surface area contributed by atoms with Crippen LogP contribution < -0.4 is 0 Å². The van der Waals surface area contributed by atoms with E-state index in [0.717, 1.165) is 22.3 Å². The summed E-state index contributed by atoms with van der Waals surface area (Å²) in [6, 6.07) is 4.12. The van der Waals surface area contributed by atoms with Crippen LogP contribution in [0.5, 0.6) is 0 Å². The van der Waals surface area contributed by atoms with Gasteiger partial charge in [0.25, 0.3) is 0 Å². The van der Waals surface area contributed by atoms with Crippen LogP contribution in [0, 0.1) is 32.6 Å². The first-order chi connectivity index (χ1) is 10.8. The van der Waals surface area contributed by atoms with Crippen LogP contribution in [0.25, 0.3) is 0 Å². The molecule has 4 rings (SSSR count). The van der Waals surface area contributed by atoms with Crippen molar-refractivity contribution in [1.82, 2.24) is 0 Å². The topological polar surface area (TPSA) is 43.4 Å². The van der Waals surface area contributed by atoms with Gasteiger partial charge in [-0.2, -0.15) is 0 Å².